The lowest BCUT2D eigenvalue weighted by molar-refractivity contribution is -0.870. The first-order chi connectivity index (χ1) is 22.5. The van der Waals surface area contributed by atoms with Crippen LogP contribution in [0.1, 0.15) is 162 Å². The van der Waals surface area contributed by atoms with E-state index in [1.165, 1.54) is 83.5 Å². The fourth-order valence-electron chi connectivity index (χ4n) is 5.31. The third-order valence-corrected chi connectivity index (χ3v) is 9.44. The number of carbonyl (C=O) groups excluding carboxylic acids is 1. The molecule has 0 fully saturated rings. The van der Waals surface area contributed by atoms with Gasteiger partial charge in [-0.2, -0.15) is 0 Å². The van der Waals surface area contributed by atoms with Gasteiger partial charge in [-0.1, -0.05) is 134 Å². The molecule has 8 nitrogen and oxygen atoms in total. The van der Waals surface area contributed by atoms with Gasteiger partial charge in [-0.25, -0.2) is 4.57 Å². The number of rotatable bonds is 34. The Bertz CT molecular complexity index is 829. The summed E-state index contributed by atoms with van der Waals surface area (Å²) in [5.41, 5.74) is 0. The third kappa shape index (κ3) is 33.3. The van der Waals surface area contributed by atoms with Crippen molar-refractivity contribution in [2.24, 2.45) is 0 Å². The van der Waals surface area contributed by atoms with Crippen LogP contribution in [0.2, 0.25) is 0 Å². The van der Waals surface area contributed by atoms with Crippen molar-refractivity contribution < 1.29 is 32.9 Å². The van der Waals surface area contributed by atoms with Crippen molar-refractivity contribution in [2.75, 3.05) is 40.9 Å². The molecule has 0 aromatic rings. The zero-order valence-corrected chi connectivity index (χ0v) is 32.2. The minimum absolute atomic E-state index is 0.0725. The highest BCUT2D eigenvalue weighted by Gasteiger charge is 2.28. The van der Waals surface area contributed by atoms with E-state index in [0.717, 1.165) is 51.4 Å². The first kappa shape index (κ1) is 46.0. The third-order valence-electron chi connectivity index (χ3n) is 8.45. The largest absolute Gasteiger partial charge is 0.472 e. The van der Waals surface area contributed by atoms with Crippen LogP contribution in [0.25, 0.3) is 0 Å². The molecule has 0 aromatic heterocycles. The molecule has 0 aliphatic heterocycles. The minimum Gasteiger partial charge on any atom is -0.391 e. The van der Waals surface area contributed by atoms with Gasteiger partial charge in [0.2, 0.25) is 5.91 Å². The lowest BCUT2D eigenvalue weighted by Gasteiger charge is -2.26. The van der Waals surface area contributed by atoms with E-state index in [0.29, 0.717) is 23.9 Å². The summed E-state index contributed by atoms with van der Waals surface area (Å²) in [6.45, 7) is 4.80. The fraction of sp³-hybridized carbons (Fsp3) is 0.868. The number of carbonyl (C=O) groups is 1. The normalized spacial score (nSPS) is 15.0. The van der Waals surface area contributed by atoms with Gasteiger partial charge in [-0.3, -0.25) is 13.8 Å². The summed E-state index contributed by atoms with van der Waals surface area (Å²) in [6, 6.07) is -0.759. The van der Waals surface area contributed by atoms with Crippen molar-refractivity contribution in [2.45, 2.75) is 174 Å². The van der Waals surface area contributed by atoms with Crippen LogP contribution in [0.4, 0.5) is 0 Å². The number of quaternary nitrogens is 1. The van der Waals surface area contributed by atoms with Gasteiger partial charge in [0.1, 0.15) is 13.2 Å². The number of likely N-dealkylation sites (N-methyl/N-ethyl adjacent to an activating group) is 1. The molecule has 9 heteroatoms. The monoisotopic (exact) mass is 688 g/mol. The average Bonchev–Trinajstić information content (AvgIpc) is 3.01. The summed E-state index contributed by atoms with van der Waals surface area (Å²) in [5.74, 6) is -0.158. The second-order valence-corrected chi connectivity index (χ2v) is 15.8. The molecule has 0 radical (unpaired) electrons. The number of amides is 1. The Morgan fingerprint density at radius 3 is 1.77 bits per heavy atom. The highest BCUT2D eigenvalue weighted by atomic mass is 31.2. The number of nitrogens with zero attached hydrogens (tertiary/aromatic N) is 1. The maximum atomic E-state index is 12.8. The quantitative estimate of drug-likeness (QED) is 0.0269. The van der Waals surface area contributed by atoms with Crippen LogP contribution in [-0.4, -0.2) is 73.4 Å². The Morgan fingerprint density at radius 2 is 1.21 bits per heavy atom. The standard InChI is InChI=1S/C38H75N2O6P/c1-6-8-10-12-14-15-16-17-18-19-20-21-22-23-24-26-28-30-32-38(42)39-36(37(41)31-29-27-25-13-11-9-7-2)35-46-47(43,44)45-34-33-40(3,4)5/h15-16,18-19,36-37,41H,6-14,17,20-35H2,1-5H3,(H-,39,42,43,44)/p+1/b16-15-,19-18-. The van der Waals surface area contributed by atoms with Gasteiger partial charge in [-0.15, -0.1) is 0 Å². The van der Waals surface area contributed by atoms with Crippen molar-refractivity contribution in [3.8, 4) is 0 Å². The number of phosphoric ester groups is 1. The van der Waals surface area contributed by atoms with E-state index in [4.69, 9.17) is 9.05 Å². The number of unbranched alkanes of at least 4 members (excludes halogenated alkanes) is 17. The van der Waals surface area contributed by atoms with E-state index < -0.39 is 20.0 Å². The van der Waals surface area contributed by atoms with E-state index in [1.54, 1.807) is 0 Å². The Kier molecular flexibility index (Phi) is 30.3. The molecular weight excluding hydrogens is 611 g/mol. The molecule has 0 rings (SSSR count). The second kappa shape index (κ2) is 31.0. The fourth-order valence-corrected chi connectivity index (χ4v) is 6.04. The van der Waals surface area contributed by atoms with Crippen molar-refractivity contribution >= 4 is 13.7 Å². The molecule has 1 amide bonds. The van der Waals surface area contributed by atoms with Crippen molar-refractivity contribution in [1.82, 2.24) is 5.32 Å². The Labute approximate surface area is 290 Å². The number of phosphoric acid groups is 1. The number of aliphatic hydroxyl groups is 1. The lowest BCUT2D eigenvalue weighted by Crippen LogP contribution is -2.46. The van der Waals surface area contributed by atoms with Crippen LogP contribution < -0.4 is 5.32 Å². The molecular formula is C38H76N2O6P+. The Hall–Kier alpha value is -1.02. The summed E-state index contributed by atoms with van der Waals surface area (Å²) in [7, 11) is 1.60. The zero-order chi connectivity index (χ0) is 35.1. The average molecular weight is 688 g/mol. The van der Waals surface area contributed by atoms with Gasteiger partial charge in [0, 0.05) is 6.42 Å². The molecule has 0 saturated carbocycles. The molecule has 0 heterocycles. The molecule has 0 bridgehead atoms. The van der Waals surface area contributed by atoms with Gasteiger partial charge >= 0.3 is 7.82 Å². The van der Waals surface area contributed by atoms with E-state index in [2.05, 4.69) is 43.5 Å². The number of hydrogen-bond acceptors (Lipinski definition) is 5. The van der Waals surface area contributed by atoms with Crippen molar-refractivity contribution in [1.29, 1.82) is 0 Å². The molecule has 3 atom stereocenters. The summed E-state index contributed by atoms with van der Waals surface area (Å²) in [6.07, 6.45) is 33.5. The van der Waals surface area contributed by atoms with Gasteiger partial charge in [0.15, 0.2) is 0 Å². The molecule has 0 aliphatic rings. The zero-order valence-electron chi connectivity index (χ0n) is 31.3. The summed E-state index contributed by atoms with van der Waals surface area (Å²) < 4.78 is 23.4. The van der Waals surface area contributed by atoms with Gasteiger partial charge in [-0.05, 0) is 44.9 Å². The van der Waals surface area contributed by atoms with Crippen LogP contribution >= 0.6 is 7.82 Å². The summed E-state index contributed by atoms with van der Waals surface area (Å²) in [4.78, 5) is 22.9. The topological polar surface area (TPSA) is 105 Å². The molecule has 47 heavy (non-hydrogen) atoms. The molecule has 0 spiro atoms. The highest BCUT2D eigenvalue weighted by Crippen LogP contribution is 2.43. The van der Waals surface area contributed by atoms with Crippen LogP contribution in [-0.2, 0) is 18.4 Å². The second-order valence-electron chi connectivity index (χ2n) is 14.3. The Morgan fingerprint density at radius 1 is 0.723 bits per heavy atom. The first-order valence-electron chi connectivity index (χ1n) is 19.2. The molecule has 0 saturated heterocycles. The molecule has 0 aromatic carbocycles. The van der Waals surface area contributed by atoms with Gasteiger partial charge in [0.05, 0.1) is 39.9 Å². The Balaban J connectivity index is 4.32. The van der Waals surface area contributed by atoms with E-state index in [9.17, 15) is 19.4 Å². The summed E-state index contributed by atoms with van der Waals surface area (Å²) >= 11 is 0. The number of allylic oxidation sites excluding steroid dienone is 4. The van der Waals surface area contributed by atoms with Crippen molar-refractivity contribution in [3.63, 3.8) is 0 Å². The molecule has 3 N–H and O–H groups in total. The SMILES string of the molecule is CCCCCC/C=C\C/C=C\CCCCCCCCCC(=O)NC(COP(=O)(O)OCC[N+](C)(C)C)C(O)CCCCCCCCC. The highest BCUT2D eigenvalue weighted by molar-refractivity contribution is 7.47. The van der Waals surface area contributed by atoms with Crippen molar-refractivity contribution in [3.05, 3.63) is 24.3 Å². The minimum atomic E-state index is -4.30. The maximum absolute atomic E-state index is 12.8. The van der Waals surface area contributed by atoms with E-state index in [-0.39, 0.29) is 19.1 Å². The van der Waals surface area contributed by atoms with Crippen LogP contribution in [0, 0.1) is 0 Å². The maximum Gasteiger partial charge on any atom is 0.472 e. The number of nitrogens with one attached hydrogen (secondary N) is 1. The van der Waals surface area contributed by atoms with Gasteiger partial charge in [0.25, 0.3) is 0 Å². The van der Waals surface area contributed by atoms with E-state index >= 15 is 0 Å². The predicted octanol–water partition coefficient (Wildman–Crippen LogP) is 9.80. The van der Waals surface area contributed by atoms with Crippen LogP contribution in [0.3, 0.4) is 0 Å². The van der Waals surface area contributed by atoms with E-state index in [1.807, 2.05) is 21.1 Å². The van der Waals surface area contributed by atoms with Crippen LogP contribution in [0.15, 0.2) is 24.3 Å². The predicted molar refractivity (Wildman–Crippen MR) is 198 cm³/mol. The summed E-state index contributed by atoms with van der Waals surface area (Å²) in [5, 5.41) is 13.8. The van der Waals surface area contributed by atoms with Crippen LogP contribution in [0.5, 0.6) is 0 Å². The molecule has 3 unspecified atom stereocenters. The smallest absolute Gasteiger partial charge is 0.391 e. The lowest BCUT2D eigenvalue weighted by atomic mass is 10.0. The molecule has 0 aliphatic carbocycles. The first-order valence-corrected chi connectivity index (χ1v) is 20.7. The number of aliphatic hydroxyl groups excluding tert-OH is 1. The molecule has 278 valence electrons. The number of hydrogen-bond donors (Lipinski definition) is 3. The van der Waals surface area contributed by atoms with Gasteiger partial charge < -0.3 is 19.8 Å².